The molecule has 104 valence electrons. The van der Waals surface area contributed by atoms with Crippen molar-refractivity contribution in [3.05, 3.63) is 18.2 Å². The van der Waals surface area contributed by atoms with Crippen LogP contribution in [0.2, 0.25) is 0 Å². The largest absolute Gasteiger partial charge is 0.382 e. The highest BCUT2D eigenvalue weighted by atomic mass is 16.5. The molecule has 1 aromatic heterocycles. The SMILES string of the molecule is CCCNC(COCCOC)Cc1nccn1C. The number of hydrogen-bond acceptors (Lipinski definition) is 4. The van der Waals surface area contributed by atoms with Gasteiger partial charge in [-0.05, 0) is 13.0 Å². The van der Waals surface area contributed by atoms with Gasteiger partial charge in [-0.25, -0.2) is 4.98 Å². The normalized spacial score (nSPS) is 12.8. The summed E-state index contributed by atoms with van der Waals surface area (Å²) < 4.78 is 12.6. The molecule has 0 aliphatic rings. The quantitative estimate of drug-likeness (QED) is 0.634. The van der Waals surface area contributed by atoms with Crippen molar-refractivity contribution >= 4 is 0 Å². The van der Waals surface area contributed by atoms with Gasteiger partial charge in [0.1, 0.15) is 5.82 Å². The molecule has 0 radical (unpaired) electrons. The van der Waals surface area contributed by atoms with E-state index >= 15 is 0 Å². The number of hydrogen-bond donors (Lipinski definition) is 1. The van der Waals surface area contributed by atoms with Gasteiger partial charge in [-0.15, -0.1) is 0 Å². The minimum absolute atomic E-state index is 0.308. The zero-order valence-electron chi connectivity index (χ0n) is 11.7. The standard InChI is InChI=1S/C13H25N3O2/c1-4-5-14-12(11-18-9-8-17-3)10-13-15-6-7-16(13)2/h6-7,12,14H,4-5,8-11H2,1-3H3. The Kier molecular flexibility index (Phi) is 7.64. The lowest BCUT2D eigenvalue weighted by Gasteiger charge is -2.18. The second kappa shape index (κ2) is 9.08. The number of rotatable bonds is 10. The maximum atomic E-state index is 5.60. The van der Waals surface area contributed by atoms with Crippen LogP contribution in [0.3, 0.4) is 0 Å². The van der Waals surface area contributed by atoms with Crippen LogP contribution in [-0.4, -0.2) is 49.1 Å². The zero-order chi connectivity index (χ0) is 13.2. The Hall–Kier alpha value is -0.910. The van der Waals surface area contributed by atoms with Crippen LogP contribution in [0.1, 0.15) is 19.2 Å². The Morgan fingerprint density at radius 1 is 1.44 bits per heavy atom. The van der Waals surface area contributed by atoms with Crippen molar-refractivity contribution in [3.8, 4) is 0 Å². The maximum Gasteiger partial charge on any atom is 0.110 e. The van der Waals surface area contributed by atoms with Crippen LogP contribution >= 0.6 is 0 Å². The molecule has 1 atom stereocenters. The van der Waals surface area contributed by atoms with Crippen molar-refractivity contribution in [2.45, 2.75) is 25.8 Å². The number of imidazole rings is 1. The Bertz CT molecular complexity index is 315. The Morgan fingerprint density at radius 2 is 2.28 bits per heavy atom. The van der Waals surface area contributed by atoms with E-state index in [1.54, 1.807) is 7.11 Å². The molecule has 1 unspecified atom stereocenters. The van der Waals surface area contributed by atoms with E-state index in [1.807, 2.05) is 19.4 Å². The van der Waals surface area contributed by atoms with E-state index in [9.17, 15) is 0 Å². The van der Waals surface area contributed by atoms with Gasteiger partial charge in [-0.3, -0.25) is 0 Å². The lowest BCUT2D eigenvalue weighted by molar-refractivity contribution is 0.0584. The third kappa shape index (κ3) is 5.62. The predicted molar refractivity (Wildman–Crippen MR) is 71.7 cm³/mol. The second-order valence-electron chi connectivity index (χ2n) is 4.38. The van der Waals surface area contributed by atoms with Gasteiger partial charge in [0.05, 0.1) is 19.8 Å². The number of nitrogens with zero attached hydrogens (tertiary/aromatic N) is 2. The van der Waals surface area contributed by atoms with Crippen molar-refractivity contribution < 1.29 is 9.47 Å². The summed E-state index contributed by atoms with van der Waals surface area (Å²) in [6, 6.07) is 0.308. The van der Waals surface area contributed by atoms with Gasteiger partial charge in [0.2, 0.25) is 0 Å². The molecule has 0 aliphatic carbocycles. The summed E-state index contributed by atoms with van der Waals surface area (Å²) in [5.41, 5.74) is 0. The van der Waals surface area contributed by atoms with Crippen LogP contribution in [0.15, 0.2) is 12.4 Å². The van der Waals surface area contributed by atoms with E-state index in [1.165, 1.54) is 0 Å². The maximum absolute atomic E-state index is 5.60. The number of aryl methyl sites for hydroxylation is 1. The van der Waals surface area contributed by atoms with Crippen LogP contribution in [-0.2, 0) is 22.9 Å². The summed E-state index contributed by atoms with van der Waals surface area (Å²) >= 11 is 0. The highest BCUT2D eigenvalue weighted by Gasteiger charge is 2.11. The van der Waals surface area contributed by atoms with E-state index in [0.717, 1.165) is 25.2 Å². The van der Waals surface area contributed by atoms with Crippen molar-refractivity contribution in [2.24, 2.45) is 7.05 Å². The molecule has 5 nitrogen and oxygen atoms in total. The first-order valence-electron chi connectivity index (χ1n) is 6.54. The molecule has 0 spiro atoms. The van der Waals surface area contributed by atoms with Crippen molar-refractivity contribution in [1.29, 1.82) is 0 Å². The average Bonchev–Trinajstić information content (AvgIpc) is 2.77. The Balaban J connectivity index is 2.37. The molecule has 18 heavy (non-hydrogen) atoms. The molecular formula is C13H25N3O2. The molecule has 1 rings (SSSR count). The third-order valence-corrected chi connectivity index (χ3v) is 2.78. The molecule has 1 heterocycles. The van der Waals surface area contributed by atoms with Crippen LogP contribution in [0.5, 0.6) is 0 Å². The van der Waals surface area contributed by atoms with E-state index in [0.29, 0.717) is 25.9 Å². The van der Waals surface area contributed by atoms with E-state index < -0.39 is 0 Å². The topological polar surface area (TPSA) is 48.3 Å². The van der Waals surface area contributed by atoms with Gasteiger partial charge < -0.3 is 19.4 Å². The number of ether oxygens (including phenoxy) is 2. The van der Waals surface area contributed by atoms with Crippen LogP contribution in [0.25, 0.3) is 0 Å². The molecule has 0 saturated carbocycles. The molecular weight excluding hydrogens is 230 g/mol. The average molecular weight is 255 g/mol. The summed E-state index contributed by atoms with van der Waals surface area (Å²) in [6.07, 6.45) is 5.81. The predicted octanol–water partition coefficient (Wildman–Crippen LogP) is 0.994. The van der Waals surface area contributed by atoms with Crippen LogP contribution in [0.4, 0.5) is 0 Å². The summed E-state index contributed by atoms with van der Waals surface area (Å²) in [6.45, 7) is 5.14. The summed E-state index contributed by atoms with van der Waals surface area (Å²) in [5, 5.41) is 3.49. The smallest absolute Gasteiger partial charge is 0.110 e. The zero-order valence-corrected chi connectivity index (χ0v) is 11.7. The number of methoxy groups -OCH3 is 1. The summed E-state index contributed by atoms with van der Waals surface area (Å²) in [5.74, 6) is 1.08. The fourth-order valence-corrected chi connectivity index (χ4v) is 1.72. The van der Waals surface area contributed by atoms with E-state index in [4.69, 9.17) is 9.47 Å². The molecule has 1 N–H and O–H groups in total. The van der Waals surface area contributed by atoms with E-state index in [-0.39, 0.29) is 0 Å². The van der Waals surface area contributed by atoms with Gasteiger partial charge in [0.25, 0.3) is 0 Å². The van der Waals surface area contributed by atoms with Crippen LogP contribution < -0.4 is 5.32 Å². The first-order chi connectivity index (χ1) is 8.77. The van der Waals surface area contributed by atoms with Gasteiger partial charge in [0.15, 0.2) is 0 Å². The molecule has 0 bridgehead atoms. The van der Waals surface area contributed by atoms with Crippen molar-refractivity contribution in [1.82, 2.24) is 14.9 Å². The molecule has 0 aromatic carbocycles. The minimum Gasteiger partial charge on any atom is -0.382 e. The first kappa shape index (κ1) is 15.1. The fourth-order valence-electron chi connectivity index (χ4n) is 1.72. The summed E-state index contributed by atoms with van der Waals surface area (Å²) in [4.78, 5) is 4.35. The summed E-state index contributed by atoms with van der Waals surface area (Å²) in [7, 11) is 3.70. The van der Waals surface area contributed by atoms with Crippen molar-refractivity contribution in [2.75, 3.05) is 33.5 Å². The molecule has 1 aromatic rings. The van der Waals surface area contributed by atoms with Gasteiger partial charge in [-0.2, -0.15) is 0 Å². The highest BCUT2D eigenvalue weighted by Crippen LogP contribution is 2.01. The van der Waals surface area contributed by atoms with Gasteiger partial charge in [0, 0.05) is 39.0 Å². The Labute approximate surface area is 109 Å². The Morgan fingerprint density at radius 3 is 2.89 bits per heavy atom. The number of aromatic nitrogens is 2. The van der Waals surface area contributed by atoms with E-state index in [2.05, 4.69) is 21.8 Å². The lowest BCUT2D eigenvalue weighted by Crippen LogP contribution is -2.37. The van der Waals surface area contributed by atoms with Crippen LogP contribution in [0, 0.1) is 0 Å². The number of nitrogens with one attached hydrogen (secondary N) is 1. The van der Waals surface area contributed by atoms with Crippen molar-refractivity contribution in [3.63, 3.8) is 0 Å². The van der Waals surface area contributed by atoms with Gasteiger partial charge in [-0.1, -0.05) is 6.92 Å². The highest BCUT2D eigenvalue weighted by molar-refractivity contribution is 4.94. The lowest BCUT2D eigenvalue weighted by atomic mass is 10.2. The molecule has 0 aliphatic heterocycles. The second-order valence-corrected chi connectivity index (χ2v) is 4.38. The minimum atomic E-state index is 0.308. The molecule has 0 fully saturated rings. The fraction of sp³-hybridized carbons (Fsp3) is 0.769. The first-order valence-corrected chi connectivity index (χ1v) is 6.54. The third-order valence-electron chi connectivity index (χ3n) is 2.78. The molecule has 5 heteroatoms. The molecule has 0 saturated heterocycles. The monoisotopic (exact) mass is 255 g/mol. The van der Waals surface area contributed by atoms with Gasteiger partial charge >= 0.3 is 0 Å². The molecule has 0 amide bonds.